The van der Waals surface area contributed by atoms with Gasteiger partial charge in [-0.3, -0.25) is 4.79 Å². The van der Waals surface area contributed by atoms with Crippen LogP contribution in [0.4, 0.5) is 0 Å². The SMILES string of the molecule is Cc1ccc(CSCC(=O)NCCOc2ccc(C)cc2)cc1. The number of carbonyl (C=O) groups excluding carboxylic acids is 1. The molecule has 2 aromatic rings. The lowest BCUT2D eigenvalue weighted by Crippen LogP contribution is -2.29. The van der Waals surface area contributed by atoms with Crippen molar-refractivity contribution in [3.05, 3.63) is 65.2 Å². The molecule has 122 valence electrons. The van der Waals surface area contributed by atoms with E-state index in [1.54, 1.807) is 11.8 Å². The standard InChI is InChI=1S/C19H23NO2S/c1-15-3-7-17(8-4-15)13-23-14-19(21)20-11-12-22-18-9-5-16(2)6-10-18/h3-10H,11-14H2,1-2H3,(H,20,21). The molecule has 0 atom stereocenters. The zero-order valence-electron chi connectivity index (χ0n) is 13.7. The van der Waals surface area contributed by atoms with Crippen LogP contribution in [0.3, 0.4) is 0 Å². The normalized spacial score (nSPS) is 10.3. The largest absolute Gasteiger partial charge is 0.492 e. The highest BCUT2D eigenvalue weighted by Crippen LogP contribution is 2.13. The smallest absolute Gasteiger partial charge is 0.230 e. The highest BCUT2D eigenvalue weighted by molar-refractivity contribution is 7.99. The highest BCUT2D eigenvalue weighted by atomic mass is 32.2. The first-order valence-electron chi connectivity index (χ1n) is 7.73. The Bertz CT molecular complexity index is 608. The third-order valence-corrected chi connectivity index (χ3v) is 4.34. The Hall–Kier alpha value is -1.94. The van der Waals surface area contributed by atoms with Crippen molar-refractivity contribution in [2.45, 2.75) is 19.6 Å². The molecule has 0 heterocycles. The van der Waals surface area contributed by atoms with Gasteiger partial charge in [0.25, 0.3) is 0 Å². The Morgan fingerprint density at radius 3 is 2.26 bits per heavy atom. The molecule has 0 aliphatic carbocycles. The predicted octanol–water partition coefficient (Wildman–Crippen LogP) is 3.73. The predicted molar refractivity (Wildman–Crippen MR) is 97.0 cm³/mol. The second-order valence-electron chi connectivity index (χ2n) is 5.49. The van der Waals surface area contributed by atoms with Crippen LogP contribution in [0.2, 0.25) is 0 Å². The van der Waals surface area contributed by atoms with E-state index in [9.17, 15) is 4.79 Å². The van der Waals surface area contributed by atoms with Crippen LogP contribution in [0.5, 0.6) is 5.75 Å². The summed E-state index contributed by atoms with van der Waals surface area (Å²) >= 11 is 1.62. The van der Waals surface area contributed by atoms with Crippen LogP contribution in [0.25, 0.3) is 0 Å². The van der Waals surface area contributed by atoms with Crippen molar-refractivity contribution in [1.29, 1.82) is 0 Å². The third kappa shape index (κ3) is 6.78. The van der Waals surface area contributed by atoms with Crippen molar-refractivity contribution in [2.75, 3.05) is 18.9 Å². The molecule has 0 saturated carbocycles. The van der Waals surface area contributed by atoms with Gasteiger partial charge in [0.2, 0.25) is 5.91 Å². The van der Waals surface area contributed by atoms with Crippen LogP contribution in [0.1, 0.15) is 16.7 Å². The average Bonchev–Trinajstić information content (AvgIpc) is 2.55. The van der Waals surface area contributed by atoms with Crippen LogP contribution in [-0.4, -0.2) is 24.8 Å². The summed E-state index contributed by atoms with van der Waals surface area (Å²) in [4.78, 5) is 11.8. The second kappa shape index (κ2) is 9.26. The van der Waals surface area contributed by atoms with Crippen LogP contribution in [0.15, 0.2) is 48.5 Å². The fourth-order valence-electron chi connectivity index (χ4n) is 1.99. The van der Waals surface area contributed by atoms with Gasteiger partial charge in [0, 0.05) is 5.75 Å². The molecule has 2 rings (SSSR count). The van der Waals surface area contributed by atoms with Crippen molar-refractivity contribution in [2.24, 2.45) is 0 Å². The summed E-state index contributed by atoms with van der Waals surface area (Å²) in [6, 6.07) is 16.3. The van der Waals surface area contributed by atoms with E-state index in [0.717, 1.165) is 11.5 Å². The number of amides is 1. The number of carbonyl (C=O) groups is 1. The van der Waals surface area contributed by atoms with E-state index in [0.29, 0.717) is 18.9 Å². The summed E-state index contributed by atoms with van der Waals surface area (Å²) in [5, 5.41) is 2.87. The lowest BCUT2D eigenvalue weighted by molar-refractivity contribution is -0.118. The molecule has 0 saturated heterocycles. The van der Waals surface area contributed by atoms with E-state index in [1.165, 1.54) is 16.7 Å². The molecule has 4 heteroatoms. The third-order valence-electron chi connectivity index (χ3n) is 3.34. The van der Waals surface area contributed by atoms with Crippen LogP contribution in [-0.2, 0) is 10.5 Å². The highest BCUT2D eigenvalue weighted by Gasteiger charge is 2.02. The molecule has 0 fully saturated rings. The van der Waals surface area contributed by atoms with Gasteiger partial charge >= 0.3 is 0 Å². The molecule has 0 spiro atoms. The van der Waals surface area contributed by atoms with E-state index < -0.39 is 0 Å². The fraction of sp³-hybridized carbons (Fsp3) is 0.316. The first kappa shape index (κ1) is 17.4. The Morgan fingerprint density at radius 2 is 1.61 bits per heavy atom. The zero-order valence-corrected chi connectivity index (χ0v) is 14.5. The molecular formula is C19H23NO2S. The fourth-order valence-corrected chi connectivity index (χ4v) is 2.81. The Kier molecular flexibility index (Phi) is 7.01. The lowest BCUT2D eigenvalue weighted by Gasteiger charge is -2.08. The zero-order chi connectivity index (χ0) is 16.5. The monoisotopic (exact) mass is 329 g/mol. The molecule has 0 unspecified atom stereocenters. The van der Waals surface area contributed by atoms with Gasteiger partial charge in [-0.15, -0.1) is 11.8 Å². The quantitative estimate of drug-likeness (QED) is 0.750. The molecule has 3 nitrogen and oxygen atoms in total. The van der Waals surface area contributed by atoms with Gasteiger partial charge in [0.1, 0.15) is 12.4 Å². The van der Waals surface area contributed by atoms with Crippen LogP contribution >= 0.6 is 11.8 Å². The Morgan fingerprint density at radius 1 is 1.00 bits per heavy atom. The Balaban J connectivity index is 1.56. The molecule has 0 aromatic heterocycles. The van der Waals surface area contributed by atoms with E-state index in [1.807, 2.05) is 31.2 Å². The summed E-state index contributed by atoms with van der Waals surface area (Å²) in [6.07, 6.45) is 0. The molecule has 0 radical (unpaired) electrons. The van der Waals surface area contributed by atoms with E-state index in [2.05, 4.69) is 36.5 Å². The minimum absolute atomic E-state index is 0.0506. The Labute approximate surface area is 142 Å². The van der Waals surface area contributed by atoms with E-state index in [-0.39, 0.29) is 5.91 Å². The van der Waals surface area contributed by atoms with Crippen molar-refractivity contribution in [1.82, 2.24) is 5.32 Å². The van der Waals surface area contributed by atoms with Crippen molar-refractivity contribution in [3.63, 3.8) is 0 Å². The van der Waals surface area contributed by atoms with Gasteiger partial charge in [-0.2, -0.15) is 0 Å². The van der Waals surface area contributed by atoms with Crippen molar-refractivity contribution >= 4 is 17.7 Å². The molecule has 0 aliphatic rings. The second-order valence-corrected chi connectivity index (χ2v) is 6.48. The number of hydrogen-bond acceptors (Lipinski definition) is 3. The van der Waals surface area contributed by atoms with Crippen molar-refractivity contribution < 1.29 is 9.53 Å². The topological polar surface area (TPSA) is 38.3 Å². The lowest BCUT2D eigenvalue weighted by atomic mass is 10.2. The summed E-state index contributed by atoms with van der Waals surface area (Å²) in [6.45, 7) is 5.12. The summed E-state index contributed by atoms with van der Waals surface area (Å²) in [5.41, 5.74) is 3.71. The van der Waals surface area contributed by atoms with Gasteiger partial charge in [0.15, 0.2) is 0 Å². The molecule has 0 aliphatic heterocycles. The first-order chi connectivity index (χ1) is 11.1. The number of benzene rings is 2. The number of nitrogens with one attached hydrogen (secondary N) is 1. The van der Waals surface area contributed by atoms with E-state index in [4.69, 9.17) is 4.74 Å². The van der Waals surface area contributed by atoms with Crippen LogP contribution in [0, 0.1) is 13.8 Å². The molecule has 0 bridgehead atoms. The minimum Gasteiger partial charge on any atom is -0.492 e. The molecule has 2 aromatic carbocycles. The van der Waals surface area contributed by atoms with Crippen molar-refractivity contribution in [3.8, 4) is 5.75 Å². The number of thioether (sulfide) groups is 1. The maximum atomic E-state index is 11.8. The molecule has 1 N–H and O–H groups in total. The summed E-state index contributed by atoms with van der Waals surface area (Å²) in [7, 11) is 0. The minimum atomic E-state index is 0.0506. The number of ether oxygens (including phenoxy) is 1. The number of rotatable bonds is 8. The number of aryl methyl sites for hydroxylation is 2. The molecule has 1 amide bonds. The summed E-state index contributed by atoms with van der Waals surface area (Å²) < 4.78 is 5.57. The van der Waals surface area contributed by atoms with Gasteiger partial charge in [-0.1, -0.05) is 47.5 Å². The molecule has 23 heavy (non-hydrogen) atoms. The maximum Gasteiger partial charge on any atom is 0.230 e. The van der Waals surface area contributed by atoms with Gasteiger partial charge < -0.3 is 10.1 Å². The van der Waals surface area contributed by atoms with Gasteiger partial charge in [-0.25, -0.2) is 0 Å². The molecular weight excluding hydrogens is 306 g/mol. The average molecular weight is 329 g/mol. The first-order valence-corrected chi connectivity index (χ1v) is 8.88. The van der Waals surface area contributed by atoms with Gasteiger partial charge in [-0.05, 0) is 31.5 Å². The number of hydrogen-bond donors (Lipinski definition) is 1. The maximum absolute atomic E-state index is 11.8. The van der Waals surface area contributed by atoms with Crippen LogP contribution < -0.4 is 10.1 Å². The summed E-state index contributed by atoms with van der Waals surface area (Å²) in [5.74, 6) is 2.21. The van der Waals surface area contributed by atoms with E-state index >= 15 is 0 Å². The van der Waals surface area contributed by atoms with Gasteiger partial charge in [0.05, 0.1) is 12.3 Å².